The van der Waals surface area contributed by atoms with E-state index in [9.17, 15) is 0 Å². The molecule has 0 bridgehead atoms. The van der Waals surface area contributed by atoms with Crippen molar-refractivity contribution in [3.8, 4) is 22.7 Å². The summed E-state index contributed by atoms with van der Waals surface area (Å²) >= 11 is 0. The summed E-state index contributed by atoms with van der Waals surface area (Å²) in [6.07, 6.45) is 0. The van der Waals surface area contributed by atoms with Gasteiger partial charge in [-0.25, -0.2) is 0 Å². The van der Waals surface area contributed by atoms with Gasteiger partial charge in [0.15, 0.2) is 0 Å². The topological polar surface area (TPSA) is 19.7 Å². The van der Waals surface area contributed by atoms with Gasteiger partial charge in [-0.15, -0.1) is 0 Å². The van der Waals surface area contributed by atoms with Crippen LogP contribution in [0.4, 0.5) is 0 Å². The minimum absolute atomic E-state index is 0.0289. The quantitative estimate of drug-likeness (QED) is 0.164. The summed E-state index contributed by atoms with van der Waals surface area (Å²) < 4.78 is 10.7. The molecule has 4 aromatic heterocycles. The number of para-hydroxylation sites is 4. The normalized spacial score (nSPS) is 14.8. The maximum absolute atomic E-state index is 2.69. The summed E-state index contributed by atoms with van der Waals surface area (Å²) in [6.45, 7) is 28.1. The second kappa shape index (κ2) is 14.5. The van der Waals surface area contributed by atoms with Crippen molar-refractivity contribution in [3.63, 3.8) is 0 Å². The standard InChI is InChI=1S/C71H64N4/c1-68(2,3)40-27-31-56-50(35-40)51-36-41(69(4,5)6)28-32-57(51)72(56)61-39-60-63-62(48-23-17-21-46-44-19-13-15-25-54(44)74(60)64(46)48)49-24-18-22-47-45-20-14-16-26-55(45)75(65(47)49)67(63)66(61)73-58-33-29-42(70(7,8)9)37-52(58)53-38-43(71(10,11)12)30-34-59(53)73/h13-39,62H,1-12H3. The zero-order chi connectivity index (χ0) is 51.6. The highest BCUT2D eigenvalue weighted by molar-refractivity contribution is 6.18. The molecule has 2 aliphatic rings. The predicted octanol–water partition coefficient (Wildman–Crippen LogP) is 19.1. The molecular weight excluding hydrogens is 909 g/mol. The maximum Gasteiger partial charge on any atom is 0.0951 e. The first-order chi connectivity index (χ1) is 35.8. The Morgan fingerprint density at radius 3 is 1.07 bits per heavy atom. The van der Waals surface area contributed by atoms with Crippen molar-refractivity contribution in [3.05, 3.63) is 203 Å². The molecule has 1 atom stereocenters. The molecule has 75 heavy (non-hydrogen) atoms. The van der Waals surface area contributed by atoms with Crippen molar-refractivity contribution >= 4 is 87.2 Å². The highest BCUT2D eigenvalue weighted by Crippen LogP contribution is 2.58. The highest BCUT2D eigenvalue weighted by Gasteiger charge is 2.42. The number of hydrogen-bond donors (Lipinski definition) is 0. The summed E-state index contributed by atoms with van der Waals surface area (Å²) in [6, 6.07) is 64.4. The number of fused-ring (bicyclic) bond motifs is 16. The van der Waals surface area contributed by atoms with Crippen LogP contribution in [0, 0.1) is 0 Å². The van der Waals surface area contributed by atoms with Crippen LogP contribution in [-0.4, -0.2) is 18.3 Å². The fourth-order valence-electron chi connectivity index (χ4n) is 13.7. The fraction of sp³-hybridized carbons (Fsp3) is 0.239. The highest BCUT2D eigenvalue weighted by atomic mass is 15.1. The van der Waals surface area contributed by atoms with Gasteiger partial charge in [-0.05, 0) is 122 Å². The molecule has 2 aliphatic heterocycles. The van der Waals surface area contributed by atoms with E-state index in [-0.39, 0.29) is 27.6 Å². The molecule has 0 radical (unpaired) electrons. The number of hydrogen-bond acceptors (Lipinski definition) is 0. The van der Waals surface area contributed by atoms with E-state index in [1.54, 1.807) is 0 Å². The van der Waals surface area contributed by atoms with Crippen LogP contribution in [0.2, 0.25) is 0 Å². The van der Waals surface area contributed by atoms with Gasteiger partial charge in [0.2, 0.25) is 0 Å². The molecule has 9 aromatic carbocycles. The van der Waals surface area contributed by atoms with Crippen molar-refractivity contribution < 1.29 is 0 Å². The van der Waals surface area contributed by atoms with E-state index in [1.807, 2.05) is 0 Å². The van der Waals surface area contributed by atoms with Crippen LogP contribution >= 0.6 is 0 Å². The van der Waals surface area contributed by atoms with Crippen molar-refractivity contribution in [1.29, 1.82) is 0 Å². The van der Waals surface area contributed by atoms with E-state index in [0.717, 1.165) is 5.69 Å². The molecule has 13 aromatic rings. The van der Waals surface area contributed by atoms with E-state index < -0.39 is 0 Å². The first-order valence-corrected chi connectivity index (χ1v) is 27.2. The molecule has 0 N–H and O–H groups in total. The number of benzene rings is 9. The number of nitrogens with zero attached hydrogens (tertiary/aromatic N) is 4. The van der Waals surface area contributed by atoms with Crippen LogP contribution in [0.25, 0.3) is 110 Å². The van der Waals surface area contributed by atoms with Gasteiger partial charge in [0.25, 0.3) is 0 Å². The lowest BCUT2D eigenvalue weighted by Gasteiger charge is -2.37. The summed E-state index contributed by atoms with van der Waals surface area (Å²) in [5.74, 6) is -0.0289. The molecule has 1 unspecified atom stereocenters. The third kappa shape index (κ3) is 5.94. The molecule has 15 rings (SSSR count). The van der Waals surface area contributed by atoms with Crippen LogP contribution in [0.1, 0.15) is 128 Å². The van der Waals surface area contributed by atoms with Crippen molar-refractivity contribution in [2.24, 2.45) is 0 Å². The third-order valence-electron chi connectivity index (χ3n) is 17.6. The third-order valence-corrected chi connectivity index (χ3v) is 17.6. The first-order valence-electron chi connectivity index (χ1n) is 27.2. The van der Waals surface area contributed by atoms with Crippen molar-refractivity contribution in [2.75, 3.05) is 0 Å². The second-order valence-electron chi connectivity index (χ2n) is 26.2. The van der Waals surface area contributed by atoms with Crippen LogP contribution < -0.4 is 0 Å². The van der Waals surface area contributed by atoms with Crippen LogP contribution in [0.3, 0.4) is 0 Å². The average molecular weight is 973 g/mol. The van der Waals surface area contributed by atoms with Crippen LogP contribution in [-0.2, 0) is 21.7 Å². The molecule has 4 heteroatoms. The molecule has 368 valence electrons. The minimum Gasteiger partial charge on any atom is -0.308 e. The van der Waals surface area contributed by atoms with Gasteiger partial charge in [-0.3, -0.25) is 0 Å². The largest absolute Gasteiger partial charge is 0.308 e. The summed E-state index contributed by atoms with van der Waals surface area (Å²) in [5, 5.41) is 10.3. The Kier molecular flexibility index (Phi) is 8.64. The molecule has 0 spiro atoms. The Labute approximate surface area is 439 Å². The minimum atomic E-state index is -0.0428. The Bertz CT molecular complexity index is 4540. The lowest BCUT2D eigenvalue weighted by molar-refractivity contribution is 0.590. The Balaban J connectivity index is 1.24. The molecule has 0 fully saturated rings. The van der Waals surface area contributed by atoms with E-state index in [0.29, 0.717) is 0 Å². The average Bonchev–Trinajstić information content (AvgIpc) is 4.13. The van der Waals surface area contributed by atoms with Gasteiger partial charge in [0.05, 0.1) is 66.9 Å². The van der Waals surface area contributed by atoms with E-state index in [1.165, 1.54) is 143 Å². The molecule has 0 saturated heterocycles. The van der Waals surface area contributed by atoms with Gasteiger partial charge in [-0.1, -0.05) is 180 Å². The predicted molar refractivity (Wildman–Crippen MR) is 320 cm³/mol. The Morgan fingerprint density at radius 1 is 0.280 bits per heavy atom. The number of aromatic nitrogens is 4. The molecule has 0 amide bonds. The van der Waals surface area contributed by atoms with E-state index in [4.69, 9.17) is 0 Å². The molecule has 0 aliphatic carbocycles. The molecular formula is C71H64N4. The summed E-state index contributed by atoms with van der Waals surface area (Å²) in [5.41, 5.74) is 23.9. The Morgan fingerprint density at radius 2 is 0.640 bits per heavy atom. The zero-order valence-electron chi connectivity index (χ0n) is 45.5. The van der Waals surface area contributed by atoms with E-state index >= 15 is 0 Å². The van der Waals surface area contributed by atoms with Crippen molar-refractivity contribution in [2.45, 2.75) is 111 Å². The lowest BCUT2D eigenvalue weighted by Crippen LogP contribution is -2.24. The van der Waals surface area contributed by atoms with Crippen molar-refractivity contribution in [1.82, 2.24) is 18.3 Å². The Hall–Kier alpha value is -7.82. The molecule has 6 heterocycles. The van der Waals surface area contributed by atoms with Crippen LogP contribution in [0.5, 0.6) is 0 Å². The van der Waals surface area contributed by atoms with Gasteiger partial charge in [0, 0.05) is 54.6 Å². The van der Waals surface area contributed by atoms with Gasteiger partial charge in [-0.2, -0.15) is 0 Å². The monoisotopic (exact) mass is 973 g/mol. The summed E-state index contributed by atoms with van der Waals surface area (Å²) in [4.78, 5) is 0. The van der Waals surface area contributed by atoms with Gasteiger partial charge < -0.3 is 18.3 Å². The van der Waals surface area contributed by atoms with Gasteiger partial charge in [0.1, 0.15) is 0 Å². The van der Waals surface area contributed by atoms with E-state index in [2.05, 4.69) is 265 Å². The summed E-state index contributed by atoms with van der Waals surface area (Å²) in [7, 11) is 0. The first kappa shape index (κ1) is 44.6. The maximum atomic E-state index is 2.69. The lowest BCUT2D eigenvalue weighted by atomic mass is 9.77. The fourth-order valence-corrected chi connectivity index (χ4v) is 13.7. The van der Waals surface area contributed by atoms with Crippen LogP contribution in [0.15, 0.2) is 164 Å². The molecule has 0 saturated carbocycles. The smallest absolute Gasteiger partial charge is 0.0951 e. The molecule has 4 nitrogen and oxygen atoms in total. The SMILES string of the molecule is CC(C)(C)c1ccc2c(c1)c1cc(C(C)(C)C)ccc1n2-c1cc2c3c(c1-n1c4ccc(C(C)(C)C)cc4c4cc(C(C)(C)C)ccc41)-n1c4ccccc4c4cccc(c41)C3c1cccc3c4ccccc4n-2c13. The zero-order valence-corrected chi connectivity index (χ0v) is 45.5. The second-order valence-corrected chi connectivity index (χ2v) is 26.2. The van der Waals surface area contributed by atoms with Gasteiger partial charge >= 0.3 is 0 Å². The number of rotatable bonds is 2.